The zero-order chi connectivity index (χ0) is 13.9. The number of ether oxygens (including phenoxy) is 1. The Morgan fingerprint density at radius 3 is 2.56 bits per heavy atom. The minimum absolute atomic E-state index is 0.0117. The molecule has 100 valence electrons. The monoisotopic (exact) mass is 272 g/mol. The summed E-state index contributed by atoms with van der Waals surface area (Å²) >= 11 is 5.68. The van der Waals surface area contributed by atoms with E-state index >= 15 is 0 Å². The van der Waals surface area contributed by atoms with E-state index in [2.05, 4.69) is 0 Å². The molecule has 1 aromatic rings. The average molecular weight is 273 g/mol. The van der Waals surface area contributed by atoms with E-state index in [0.717, 1.165) is 0 Å². The molecule has 1 atom stereocenters. The molecule has 0 bridgehead atoms. The maximum Gasteiger partial charge on any atom is 0.166 e. The molecule has 4 heteroatoms. The van der Waals surface area contributed by atoms with Crippen LogP contribution in [0, 0.1) is 11.2 Å². The van der Waals surface area contributed by atoms with Crippen molar-refractivity contribution in [1.82, 2.24) is 0 Å². The Labute approximate surface area is 112 Å². The molecule has 0 aromatic heterocycles. The Bertz CT molecular complexity index is 438. The summed E-state index contributed by atoms with van der Waals surface area (Å²) in [5.74, 6) is -0.678. The van der Waals surface area contributed by atoms with Gasteiger partial charge in [0, 0.05) is 13.5 Å². The Morgan fingerprint density at radius 1 is 1.44 bits per heavy atom. The first kappa shape index (κ1) is 15.1. The van der Waals surface area contributed by atoms with Crippen molar-refractivity contribution in [1.29, 1.82) is 0 Å². The highest BCUT2D eigenvalue weighted by Crippen LogP contribution is 2.25. The summed E-state index contributed by atoms with van der Waals surface area (Å²) in [6.07, 6.45) is -0.571. The van der Waals surface area contributed by atoms with Gasteiger partial charge in [0.15, 0.2) is 5.78 Å². The largest absolute Gasteiger partial charge is 0.373 e. The lowest BCUT2D eigenvalue weighted by molar-refractivity contribution is -0.134. The van der Waals surface area contributed by atoms with Crippen LogP contribution in [0.4, 0.5) is 4.39 Å². The van der Waals surface area contributed by atoms with E-state index in [0.29, 0.717) is 5.56 Å². The molecule has 0 saturated heterocycles. The number of Topliss-reactive ketones (excluding diaryl/α,β-unsaturated/α-hetero) is 1. The van der Waals surface area contributed by atoms with Gasteiger partial charge in [-0.25, -0.2) is 4.39 Å². The topological polar surface area (TPSA) is 26.3 Å². The summed E-state index contributed by atoms with van der Waals surface area (Å²) in [6, 6.07) is 4.66. The molecular formula is C14H18ClFO2. The summed E-state index contributed by atoms with van der Waals surface area (Å²) in [4.78, 5) is 12.1. The van der Waals surface area contributed by atoms with Gasteiger partial charge in [0.05, 0.1) is 5.02 Å². The number of ketones is 1. The molecule has 1 aromatic carbocycles. The fraction of sp³-hybridized carbons (Fsp3) is 0.500. The predicted octanol–water partition coefficient (Wildman–Crippen LogP) is 3.65. The summed E-state index contributed by atoms with van der Waals surface area (Å²) in [7, 11) is 1.49. The molecule has 0 radical (unpaired) electrons. The van der Waals surface area contributed by atoms with Gasteiger partial charge in [-0.2, -0.15) is 0 Å². The number of hydrogen-bond donors (Lipinski definition) is 0. The molecule has 0 saturated carbocycles. The number of benzene rings is 1. The van der Waals surface area contributed by atoms with Gasteiger partial charge in [-0.1, -0.05) is 44.5 Å². The predicted molar refractivity (Wildman–Crippen MR) is 70.4 cm³/mol. The number of halogens is 2. The van der Waals surface area contributed by atoms with Gasteiger partial charge >= 0.3 is 0 Å². The Kier molecular flexibility index (Phi) is 4.88. The summed E-state index contributed by atoms with van der Waals surface area (Å²) in [5.41, 5.74) is -0.0141. The highest BCUT2D eigenvalue weighted by molar-refractivity contribution is 6.30. The van der Waals surface area contributed by atoms with Crippen molar-refractivity contribution in [3.63, 3.8) is 0 Å². The zero-order valence-corrected chi connectivity index (χ0v) is 11.8. The van der Waals surface area contributed by atoms with Crippen LogP contribution in [0.1, 0.15) is 26.3 Å². The smallest absolute Gasteiger partial charge is 0.166 e. The second-order valence-corrected chi connectivity index (χ2v) is 5.74. The van der Waals surface area contributed by atoms with E-state index < -0.39 is 11.9 Å². The Hall–Kier alpha value is -0.930. The van der Waals surface area contributed by atoms with Crippen molar-refractivity contribution < 1.29 is 13.9 Å². The lowest BCUT2D eigenvalue weighted by Crippen LogP contribution is -2.37. The lowest BCUT2D eigenvalue weighted by Gasteiger charge is -2.28. The molecule has 0 aliphatic carbocycles. The van der Waals surface area contributed by atoms with Crippen molar-refractivity contribution in [2.45, 2.75) is 33.3 Å². The van der Waals surface area contributed by atoms with Crippen LogP contribution >= 0.6 is 11.6 Å². The first-order valence-electron chi connectivity index (χ1n) is 5.75. The molecular weight excluding hydrogens is 255 g/mol. The van der Waals surface area contributed by atoms with Crippen LogP contribution in [-0.2, 0) is 16.0 Å². The van der Waals surface area contributed by atoms with Gasteiger partial charge in [0.25, 0.3) is 0 Å². The molecule has 18 heavy (non-hydrogen) atoms. The second kappa shape index (κ2) is 5.81. The van der Waals surface area contributed by atoms with Gasteiger partial charge in [-0.05, 0) is 17.0 Å². The first-order valence-corrected chi connectivity index (χ1v) is 6.13. The van der Waals surface area contributed by atoms with Gasteiger partial charge in [-0.3, -0.25) is 4.79 Å². The van der Waals surface area contributed by atoms with Gasteiger partial charge in [0.2, 0.25) is 0 Å². The number of carbonyl (C=O) groups excluding carboxylic acids is 1. The summed E-state index contributed by atoms with van der Waals surface area (Å²) in [5, 5.41) is 0.0324. The van der Waals surface area contributed by atoms with Crippen LogP contribution in [0.25, 0.3) is 0 Å². The summed E-state index contributed by atoms with van der Waals surface area (Å²) in [6.45, 7) is 5.73. The van der Waals surface area contributed by atoms with E-state index in [1.807, 2.05) is 20.8 Å². The third kappa shape index (κ3) is 3.53. The lowest BCUT2D eigenvalue weighted by atomic mass is 9.84. The number of carbonyl (C=O) groups is 1. The Balaban J connectivity index is 2.90. The molecule has 0 fully saturated rings. The molecule has 0 aliphatic rings. The van der Waals surface area contributed by atoms with Crippen LogP contribution in [0.3, 0.4) is 0 Å². The molecule has 2 nitrogen and oxygen atoms in total. The maximum atomic E-state index is 13.7. The standard InChI is InChI=1S/C14H18ClFO2/c1-14(2,3)13(18-4)11(17)8-9-6-5-7-10(15)12(9)16/h5-7,13H,8H2,1-4H3. The molecule has 0 amide bonds. The van der Waals surface area contributed by atoms with E-state index in [4.69, 9.17) is 16.3 Å². The quantitative estimate of drug-likeness (QED) is 0.836. The van der Waals surface area contributed by atoms with Crippen LogP contribution in [-0.4, -0.2) is 19.0 Å². The van der Waals surface area contributed by atoms with Crippen LogP contribution in [0.2, 0.25) is 5.02 Å². The minimum atomic E-state index is -0.559. The number of methoxy groups -OCH3 is 1. The third-order valence-corrected chi connectivity index (χ3v) is 3.00. The Morgan fingerprint density at radius 2 is 2.06 bits per heavy atom. The van der Waals surface area contributed by atoms with Crippen molar-refractivity contribution in [3.8, 4) is 0 Å². The fourth-order valence-corrected chi connectivity index (χ4v) is 2.13. The van der Waals surface area contributed by atoms with E-state index in [1.54, 1.807) is 12.1 Å². The van der Waals surface area contributed by atoms with Crippen molar-refractivity contribution in [3.05, 3.63) is 34.6 Å². The van der Waals surface area contributed by atoms with Crippen molar-refractivity contribution >= 4 is 17.4 Å². The zero-order valence-electron chi connectivity index (χ0n) is 11.1. The van der Waals surface area contributed by atoms with E-state index in [-0.39, 0.29) is 22.6 Å². The normalized spacial score (nSPS) is 13.4. The SMILES string of the molecule is COC(C(=O)Cc1cccc(Cl)c1F)C(C)(C)C. The third-order valence-electron chi connectivity index (χ3n) is 2.71. The molecule has 1 unspecified atom stereocenters. The fourth-order valence-electron chi connectivity index (χ4n) is 1.93. The molecule has 0 spiro atoms. The number of hydrogen-bond acceptors (Lipinski definition) is 2. The highest BCUT2D eigenvalue weighted by atomic mass is 35.5. The average Bonchev–Trinajstić information content (AvgIpc) is 2.23. The molecule has 0 heterocycles. The first-order chi connectivity index (χ1) is 8.27. The van der Waals surface area contributed by atoms with Gasteiger partial charge in [0.1, 0.15) is 11.9 Å². The van der Waals surface area contributed by atoms with Crippen LogP contribution < -0.4 is 0 Å². The summed E-state index contributed by atoms with van der Waals surface area (Å²) < 4.78 is 18.9. The van der Waals surface area contributed by atoms with E-state index in [1.165, 1.54) is 13.2 Å². The van der Waals surface area contributed by atoms with Gasteiger partial charge < -0.3 is 4.74 Å². The minimum Gasteiger partial charge on any atom is -0.373 e. The van der Waals surface area contributed by atoms with Crippen LogP contribution in [0.5, 0.6) is 0 Å². The van der Waals surface area contributed by atoms with E-state index in [9.17, 15) is 9.18 Å². The number of rotatable bonds is 4. The van der Waals surface area contributed by atoms with Crippen molar-refractivity contribution in [2.24, 2.45) is 5.41 Å². The second-order valence-electron chi connectivity index (χ2n) is 5.34. The molecule has 0 N–H and O–H groups in total. The van der Waals surface area contributed by atoms with Crippen molar-refractivity contribution in [2.75, 3.05) is 7.11 Å². The molecule has 1 rings (SSSR count). The van der Waals surface area contributed by atoms with Crippen LogP contribution in [0.15, 0.2) is 18.2 Å². The molecule has 0 aliphatic heterocycles. The van der Waals surface area contributed by atoms with Gasteiger partial charge in [-0.15, -0.1) is 0 Å². The maximum absolute atomic E-state index is 13.7. The highest BCUT2D eigenvalue weighted by Gasteiger charge is 2.31.